The predicted molar refractivity (Wildman–Crippen MR) is 221 cm³/mol. The number of nitrogens with zero attached hydrogens (tertiary/aromatic N) is 9. The molecule has 0 spiro atoms. The van der Waals surface area contributed by atoms with Gasteiger partial charge in [0.15, 0.2) is 0 Å². The number of piperidine rings is 4. The van der Waals surface area contributed by atoms with E-state index >= 15 is 0 Å². The van der Waals surface area contributed by atoms with Crippen molar-refractivity contribution in [1.29, 1.82) is 0 Å². The van der Waals surface area contributed by atoms with Gasteiger partial charge < -0.3 is 14.5 Å². The number of hydrogen-bond donors (Lipinski definition) is 2. The van der Waals surface area contributed by atoms with E-state index in [-0.39, 0.29) is 18.5 Å². The zero-order valence-electron chi connectivity index (χ0n) is 32.6. The summed E-state index contributed by atoms with van der Waals surface area (Å²) in [6.45, 7) is 11.8. The van der Waals surface area contributed by atoms with E-state index in [4.69, 9.17) is 14.7 Å². The van der Waals surface area contributed by atoms with Gasteiger partial charge in [-0.2, -0.15) is 0 Å². The van der Waals surface area contributed by atoms with Crippen LogP contribution in [0.1, 0.15) is 112 Å². The normalized spacial score (nSPS) is 18.8. The fourth-order valence-electron chi connectivity index (χ4n) is 8.27. The molecule has 0 unspecified atom stereocenters. The van der Waals surface area contributed by atoms with Gasteiger partial charge in [0.25, 0.3) is 11.1 Å². The number of likely N-dealkylation sites (tertiary alicyclic amines) is 2. The molecule has 8 heterocycles. The molecule has 4 aliphatic rings. The summed E-state index contributed by atoms with van der Waals surface area (Å²) in [7, 11) is 1.57. The monoisotopic (exact) mass is 767 g/mol. The van der Waals surface area contributed by atoms with E-state index in [2.05, 4.69) is 56.7 Å². The first-order valence-corrected chi connectivity index (χ1v) is 20.3. The Labute approximate surface area is 331 Å². The molecule has 0 aliphatic carbocycles. The van der Waals surface area contributed by atoms with Crippen molar-refractivity contribution in [3.05, 3.63) is 91.8 Å². The predicted octanol–water partition coefficient (Wildman–Crippen LogP) is 5.42. The zero-order valence-corrected chi connectivity index (χ0v) is 32.6. The van der Waals surface area contributed by atoms with Gasteiger partial charge in [-0.15, -0.1) is 0 Å². The minimum Gasteiger partial charge on any atom is -0.467 e. The van der Waals surface area contributed by atoms with Crippen molar-refractivity contribution in [2.75, 3.05) is 69.3 Å². The van der Waals surface area contributed by atoms with Crippen LogP contribution in [0.4, 0.5) is 11.9 Å². The number of nitrogens with one attached hydrogen (secondary N) is 2. The molecule has 0 aromatic carbocycles. The third-order valence-electron chi connectivity index (χ3n) is 11.5. The highest BCUT2D eigenvalue weighted by Gasteiger charge is 2.25. The number of H-pyrrole nitrogens is 2. The number of anilines is 2. The highest BCUT2D eigenvalue weighted by molar-refractivity contribution is 5.33. The Morgan fingerprint density at radius 1 is 0.625 bits per heavy atom. The van der Waals surface area contributed by atoms with Crippen molar-refractivity contribution in [3.63, 3.8) is 0 Å². The lowest BCUT2D eigenvalue weighted by Gasteiger charge is -2.32. The Hall–Kier alpha value is -4.69. The van der Waals surface area contributed by atoms with Gasteiger partial charge >= 0.3 is 6.01 Å². The molecule has 56 heavy (non-hydrogen) atoms. The standard InChI is InChI=1S/C21H29N5O.C20H28N6O2.CH4/c1-16-5-6-17(14-22-16)15-25-11-7-18(8-12-25)19-13-20(27)24-21(23-19)26-9-3-2-4-10-26;1-28-20-21-12-15(13-22-20)14-25-9-5-16(6-10-25)17-11-18(27)24-19(23-17)26-7-3-2-4-8-26;/h5-6,13-14,18H,2-4,7-12,15H2,1H3,(H,23,24,27);11-13,16H,2-10,14H2,1H3,(H,23,24,27);1H4. The van der Waals surface area contributed by atoms with Crippen LogP contribution in [0, 0.1) is 6.92 Å². The first kappa shape index (κ1) is 41.0. The van der Waals surface area contributed by atoms with E-state index in [9.17, 15) is 9.59 Å². The molecule has 8 rings (SSSR count). The summed E-state index contributed by atoms with van der Waals surface area (Å²) >= 11 is 0. The molecular weight excluding hydrogens is 707 g/mol. The average molecular weight is 768 g/mol. The molecule has 0 bridgehead atoms. The largest absolute Gasteiger partial charge is 0.467 e. The SMILES string of the molecule is C.COc1ncc(CN2CCC(c3cc(=O)[nH]c(N4CCCCC4)n3)CC2)cn1.Cc1ccc(CN2CCC(c3cc(=O)[nH]c(N4CCCCC4)n3)CC2)cn1. The van der Waals surface area contributed by atoms with Crippen molar-refractivity contribution in [2.45, 2.75) is 103 Å². The Bertz CT molecular complexity index is 1910. The highest BCUT2D eigenvalue weighted by Crippen LogP contribution is 2.29. The van der Waals surface area contributed by atoms with Gasteiger partial charge in [0, 0.05) is 93.1 Å². The summed E-state index contributed by atoms with van der Waals surface area (Å²) in [4.78, 5) is 62.0. The van der Waals surface area contributed by atoms with Gasteiger partial charge in [0.1, 0.15) is 0 Å². The summed E-state index contributed by atoms with van der Waals surface area (Å²) in [5, 5.41) is 0. The van der Waals surface area contributed by atoms with Gasteiger partial charge in [0.2, 0.25) is 11.9 Å². The van der Waals surface area contributed by atoms with Gasteiger partial charge in [-0.05, 0) is 109 Å². The number of pyridine rings is 1. The molecule has 4 aromatic rings. The molecule has 0 saturated carbocycles. The van der Waals surface area contributed by atoms with Crippen LogP contribution in [0.3, 0.4) is 0 Å². The van der Waals surface area contributed by atoms with Gasteiger partial charge in [-0.25, -0.2) is 19.9 Å². The maximum absolute atomic E-state index is 12.2. The molecule has 4 aromatic heterocycles. The quantitative estimate of drug-likeness (QED) is 0.224. The maximum atomic E-state index is 12.2. The lowest BCUT2D eigenvalue weighted by Crippen LogP contribution is -2.35. The van der Waals surface area contributed by atoms with Crippen molar-refractivity contribution in [3.8, 4) is 6.01 Å². The fourth-order valence-corrected chi connectivity index (χ4v) is 8.27. The Morgan fingerprint density at radius 3 is 1.50 bits per heavy atom. The molecule has 302 valence electrons. The van der Waals surface area contributed by atoms with E-state index in [0.717, 1.165) is 126 Å². The Balaban J connectivity index is 0.000000187. The minimum atomic E-state index is -0.0385. The zero-order chi connectivity index (χ0) is 38.0. The number of methoxy groups -OCH3 is 1. The number of aromatic amines is 2. The number of hydrogen-bond acceptors (Lipinski definition) is 12. The van der Waals surface area contributed by atoms with E-state index in [1.54, 1.807) is 19.2 Å². The third-order valence-corrected chi connectivity index (χ3v) is 11.5. The first-order valence-electron chi connectivity index (χ1n) is 20.3. The van der Waals surface area contributed by atoms with Crippen LogP contribution >= 0.6 is 0 Å². The second-order valence-corrected chi connectivity index (χ2v) is 15.6. The fraction of sp³-hybridized carbons (Fsp3) is 0.595. The van der Waals surface area contributed by atoms with Gasteiger partial charge in [0.05, 0.1) is 18.5 Å². The summed E-state index contributed by atoms with van der Waals surface area (Å²) in [6.07, 6.45) is 17.0. The molecule has 0 amide bonds. The molecule has 2 N–H and O–H groups in total. The number of ether oxygens (including phenoxy) is 1. The van der Waals surface area contributed by atoms with Crippen molar-refractivity contribution >= 4 is 11.9 Å². The number of rotatable bonds is 9. The van der Waals surface area contributed by atoms with E-state index in [1.165, 1.54) is 44.1 Å². The van der Waals surface area contributed by atoms with Gasteiger partial charge in [-0.3, -0.25) is 34.3 Å². The summed E-state index contributed by atoms with van der Waals surface area (Å²) in [5.41, 5.74) is 5.26. The third kappa shape index (κ3) is 11.2. The van der Waals surface area contributed by atoms with Crippen LogP contribution in [0.5, 0.6) is 6.01 Å². The molecule has 4 aliphatic heterocycles. The lowest BCUT2D eigenvalue weighted by atomic mass is 9.93. The number of aryl methyl sites for hydroxylation is 1. The molecular formula is C42H61N11O3. The van der Waals surface area contributed by atoms with Crippen LogP contribution in [0.25, 0.3) is 0 Å². The molecule has 0 atom stereocenters. The van der Waals surface area contributed by atoms with Crippen LogP contribution < -0.4 is 25.7 Å². The van der Waals surface area contributed by atoms with Crippen molar-refractivity contribution in [1.82, 2.24) is 44.7 Å². The lowest BCUT2D eigenvalue weighted by molar-refractivity contribution is 0.202. The van der Waals surface area contributed by atoms with Gasteiger partial charge in [-0.1, -0.05) is 13.5 Å². The van der Waals surface area contributed by atoms with Crippen LogP contribution in [-0.4, -0.2) is 104 Å². The van der Waals surface area contributed by atoms with E-state index in [1.807, 2.05) is 25.5 Å². The number of aromatic nitrogens is 7. The second-order valence-electron chi connectivity index (χ2n) is 15.6. The maximum Gasteiger partial charge on any atom is 0.316 e. The Kier molecular flexibility index (Phi) is 14.6. The van der Waals surface area contributed by atoms with Crippen molar-refractivity contribution in [2.24, 2.45) is 0 Å². The molecule has 0 radical (unpaired) electrons. The van der Waals surface area contributed by atoms with Crippen LogP contribution in [-0.2, 0) is 13.1 Å². The second kappa shape index (κ2) is 19.9. The summed E-state index contributed by atoms with van der Waals surface area (Å²) in [5.74, 6) is 2.24. The van der Waals surface area contributed by atoms with E-state index in [0.29, 0.717) is 17.8 Å². The molecule has 4 fully saturated rings. The van der Waals surface area contributed by atoms with Crippen molar-refractivity contribution < 1.29 is 4.74 Å². The first-order chi connectivity index (χ1) is 26.9. The van der Waals surface area contributed by atoms with Crippen LogP contribution in [0.2, 0.25) is 0 Å². The summed E-state index contributed by atoms with van der Waals surface area (Å²) in [6, 6.07) is 8.03. The molecule has 4 saturated heterocycles. The molecule has 14 heteroatoms. The highest BCUT2D eigenvalue weighted by atomic mass is 16.5. The Morgan fingerprint density at radius 2 is 1.07 bits per heavy atom. The molecule has 14 nitrogen and oxygen atoms in total. The minimum absolute atomic E-state index is 0. The summed E-state index contributed by atoms with van der Waals surface area (Å²) < 4.78 is 5.01. The van der Waals surface area contributed by atoms with E-state index < -0.39 is 0 Å². The van der Waals surface area contributed by atoms with Crippen LogP contribution in [0.15, 0.2) is 52.4 Å². The smallest absolute Gasteiger partial charge is 0.316 e. The average Bonchev–Trinajstić information content (AvgIpc) is 3.23. The topological polar surface area (TPSA) is 152 Å².